The van der Waals surface area contributed by atoms with Gasteiger partial charge in [0.25, 0.3) is 0 Å². The summed E-state index contributed by atoms with van der Waals surface area (Å²) < 4.78 is 14.8. The average molecular weight is 318 g/mol. The Hall–Kier alpha value is -2.02. The molecule has 7 heteroatoms. The number of halogens is 1. The minimum Gasteiger partial charge on any atom is -0.344 e. The van der Waals surface area contributed by atoms with E-state index in [0.717, 1.165) is 19.5 Å². The SMILES string of the molecule is CN(C[C@@H]1CCCN(C)[C@H]1c1cnn(C)c1)c1ncc(F)cn1. The summed E-state index contributed by atoms with van der Waals surface area (Å²) >= 11 is 0. The molecule has 2 aromatic rings. The molecule has 1 aliphatic heterocycles. The maximum atomic E-state index is 13.0. The number of rotatable bonds is 4. The van der Waals surface area contributed by atoms with Crippen LogP contribution in [-0.2, 0) is 7.05 Å². The van der Waals surface area contributed by atoms with Gasteiger partial charge >= 0.3 is 0 Å². The molecule has 0 radical (unpaired) electrons. The number of anilines is 1. The summed E-state index contributed by atoms with van der Waals surface area (Å²) in [6.45, 7) is 1.92. The molecular formula is C16H23FN6. The monoisotopic (exact) mass is 318 g/mol. The van der Waals surface area contributed by atoms with E-state index in [1.54, 1.807) is 0 Å². The second-order valence-corrected chi connectivity index (χ2v) is 6.36. The standard InChI is InChI=1S/C16H23FN6/c1-21-6-4-5-12(15(21)13-7-20-23(3)11-13)10-22(2)16-18-8-14(17)9-19-16/h7-9,11-12,15H,4-6,10H2,1-3H3/t12-,15+/m0/s1. The lowest BCUT2D eigenvalue weighted by Gasteiger charge is -2.40. The van der Waals surface area contributed by atoms with Crippen LogP contribution in [0, 0.1) is 11.7 Å². The Bertz CT molecular complexity index is 640. The summed E-state index contributed by atoms with van der Waals surface area (Å²) in [6.07, 6.45) is 8.79. The molecule has 0 amide bonds. The van der Waals surface area contributed by atoms with Gasteiger partial charge in [-0.3, -0.25) is 9.58 Å². The Morgan fingerprint density at radius 2 is 2.00 bits per heavy atom. The predicted octanol–water partition coefficient (Wildman–Crippen LogP) is 1.87. The zero-order valence-electron chi connectivity index (χ0n) is 13.9. The van der Waals surface area contributed by atoms with Crippen LogP contribution in [0.1, 0.15) is 24.4 Å². The molecule has 23 heavy (non-hydrogen) atoms. The van der Waals surface area contributed by atoms with Gasteiger partial charge < -0.3 is 4.90 Å². The van der Waals surface area contributed by atoms with Crippen molar-refractivity contribution in [2.75, 3.05) is 32.1 Å². The molecule has 0 aromatic carbocycles. The first-order chi connectivity index (χ1) is 11.0. The first-order valence-electron chi connectivity index (χ1n) is 7.92. The molecule has 0 unspecified atom stereocenters. The average Bonchev–Trinajstić information content (AvgIpc) is 2.94. The first-order valence-corrected chi connectivity index (χ1v) is 7.92. The van der Waals surface area contributed by atoms with E-state index >= 15 is 0 Å². The lowest BCUT2D eigenvalue weighted by molar-refractivity contribution is 0.124. The normalized spacial score (nSPS) is 22.3. The van der Waals surface area contributed by atoms with Crippen molar-refractivity contribution in [2.45, 2.75) is 18.9 Å². The van der Waals surface area contributed by atoms with E-state index in [1.165, 1.54) is 24.4 Å². The van der Waals surface area contributed by atoms with Gasteiger partial charge in [-0.1, -0.05) is 0 Å². The highest BCUT2D eigenvalue weighted by Gasteiger charge is 2.32. The highest BCUT2D eigenvalue weighted by atomic mass is 19.1. The number of aromatic nitrogens is 4. The zero-order chi connectivity index (χ0) is 16.4. The Morgan fingerprint density at radius 1 is 1.26 bits per heavy atom. The van der Waals surface area contributed by atoms with Gasteiger partial charge in [-0.25, -0.2) is 14.4 Å². The molecule has 124 valence electrons. The number of aryl methyl sites for hydroxylation is 1. The topological polar surface area (TPSA) is 50.1 Å². The van der Waals surface area contributed by atoms with Crippen LogP contribution in [0.3, 0.4) is 0 Å². The molecule has 2 aromatic heterocycles. The predicted molar refractivity (Wildman–Crippen MR) is 86.6 cm³/mol. The molecule has 0 N–H and O–H groups in total. The van der Waals surface area contributed by atoms with E-state index in [9.17, 15) is 4.39 Å². The molecule has 3 heterocycles. The maximum absolute atomic E-state index is 13.0. The summed E-state index contributed by atoms with van der Waals surface area (Å²) in [6, 6.07) is 0.334. The Morgan fingerprint density at radius 3 is 2.65 bits per heavy atom. The number of nitrogens with zero attached hydrogens (tertiary/aromatic N) is 6. The van der Waals surface area contributed by atoms with Crippen molar-refractivity contribution in [1.29, 1.82) is 0 Å². The van der Waals surface area contributed by atoms with Crippen LogP contribution in [0.15, 0.2) is 24.8 Å². The molecule has 0 spiro atoms. The van der Waals surface area contributed by atoms with Gasteiger partial charge in [0.1, 0.15) is 0 Å². The minimum absolute atomic E-state index is 0.334. The molecule has 0 saturated carbocycles. The Balaban J connectivity index is 1.77. The molecule has 0 bridgehead atoms. The molecule has 2 atom stereocenters. The van der Waals surface area contributed by atoms with E-state index in [-0.39, 0.29) is 0 Å². The van der Waals surface area contributed by atoms with Crippen LogP contribution < -0.4 is 4.90 Å². The summed E-state index contributed by atoms with van der Waals surface area (Å²) in [7, 11) is 6.07. The van der Waals surface area contributed by atoms with Crippen LogP contribution in [0.2, 0.25) is 0 Å². The number of likely N-dealkylation sites (tertiary alicyclic amines) is 1. The van der Waals surface area contributed by atoms with Gasteiger partial charge in [-0.2, -0.15) is 5.10 Å². The van der Waals surface area contributed by atoms with Gasteiger partial charge in [-0.15, -0.1) is 0 Å². The highest BCUT2D eigenvalue weighted by Crippen LogP contribution is 2.35. The van der Waals surface area contributed by atoms with Crippen molar-refractivity contribution in [2.24, 2.45) is 13.0 Å². The minimum atomic E-state index is -0.409. The highest BCUT2D eigenvalue weighted by molar-refractivity contribution is 5.27. The van der Waals surface area contributed by atoms with Gasteiger partial charge in [0.2, 0.25) is 5.95 Å². The van der Waals surface area contributed by atoms with E-state index in [0.29, 0.717) is 17.9 Å². The van der Waals surface area contributed by atoms with Crippen LogP contribution in [0.5, 0.6) is 0 Å². The fourth-order valence-electron chi connectivity index (χ4n) is 3.51. The first kappa shape index (κ1) is 15.9. The maximum Gasteiger partial charge on any atom is 0.225 e. The van der Waals surface area contributed by atoms with Crippen molar-refractivity contribution >= 4 is 5.95 Å². The Kier molecular flexibility index (Phi) is 4.56. The number of piperidine rings is 1. The van der Waals surface area contributed by atoms with Gasteiger partial charge in [0, 0.05) is 38.4 Å². The Labute approximate surface area is 135 Å². The molecule has 6 nitrogen and oxygen atoms in total. The van der Waals surface area contributed by atoms with Crippen molar-refractivity contribution in [3.8, 4) is 0 Å². The molecule has 1 saturated heterocycles. The largest absolute Gasteiger partial charge is 0.344 e. The smallest absolute Gasteiger partial charge is 0.225 e. The molecule has 3 rings (SSSR count). The summed E-state index contributed by atoms with van der Waals surface area (Å²) in [5.74, 6) is 0.606. The summed E-state index contributed by atoms with van der Waals surface area (Å²) in [4.78, 5) is 12.5. The number of hydrogen-bond acceptors (Lipinski definition) is 5. The lowest BCUT2D eigenvalue weighted by atomic mass is 9.86. The van der Waals surface area contributed by atoms with E-state index in [2.05, 4.69) is 33.2 Å². The fourth-order valence-corrected chi connectivity index (χ4v) is 3.51. The third kappa shape index (κ3) is 3.50. The molecular weight excluding hydrogens is 295 g/mol. The third-order valence-electron chi connectivity index (χ3n) is 4.53. The van der Waals surface area contributed by atoms with Gasteiger partial charge in [0.05, 0.1) is 18.6 Å². The van der Waals surface area contributed by atoms with E-state index in [4.69, 9.17) is 0 Å². The molecule has 0 aliphatic carbocycles. The zero-order valence-corrected chi connectivity index (χ0v) is 13.9. The van der Waals surface area contributed by atoms with Crippen LogP contribution >= 0.6 is 0 Å². The third-order valence-corrected chi connectivity index (χ3v) is 4.53. The van der Waals surface area contributed by atoms with E-state index < -0.39 is 5.82 Å². The van der Waals surface area contributed by atoms with Crippen LogP contribution in [-0.4, -0.2) is 51.8 Å². The van der Waals surface area contributed by atoms with Crippen LogP contribution in [0.4, 0.5) is 10.3 Å². The van der Waals surface area contributed by atoms with Crippen molar-refractivity contribution in [1.82, 2.24) is 24.6 Å². The quantitative estimate of drug-likeness (QED) is 0.861. The lowest BCUT2D eigenvalue weighted by Crippen LogP contribution is -2.41. The molecule has 1 fully saturated rings. The number of hydrogen-bond donors (Lipinski definition) is 0. The van der Waals surface area contributed by atoms with Gasteiger partial charge in [0.15, 0.2) is 5.82 Å². The fraction of sp³-hybridized carbons (Fsp3) is 0.562. The van der Waals surface area contributed by atoms with Crippen LogP contribution in [0.25, 0.3) is 0 Å². The van der Waals surface area contributed by atoms with Gasteiger partial charge in [-0.05, 0) is 32.4 Å². The van der Waals surface area contributed by atoms with Crippen molar-refractivity contribution in [3.63, 3.8) is 0 Å². The summed E-state index contributed by atoms with van der Waals surface area (Å²) in [5.41, 5.74) is 1.24. The second-order valence-electron chi connectivity index (χ2n) is 6.36. The molecule has 1 aliphatic rings. The van der Waals surface area contributed by atoms with Crippen molar-refractivity contribution < 1.29 is 4.39 Å². The van der Waals surface area contributed by atoms with E-state index in [1.807, 2.05) is 29.9 Å². The van der Waals surface area contributed by atoms with Crippen molar-refractivity contribution in [3.05, 3.63) is 36.2 Å². The second kappa shape index (κ2) is 6.62. The summed E-state index contributed by atoms with van der Waals surface area (Å²) in [5, 5.41) is 4.32.